The highest BCUT2D eigenvalue weighted by Crippen LogP contribution is 2.27. The minimum Gasteiger partial charge on any atom is -0.744 e. The Morgan fingerprint density at radius 2 is 0.974 bits per heavy atom. The van der Waals surface area contributed by atoms with Gasteiger partial charge in [-0.05, 0) is 125 Å². The largest absolute Gasteiger partial charge is 0.744 e. The number of nitrogens with one attached hydrogen (secondary N) is 7. The van der Waals surface area contributed by atoms with Gasteiger partial charge in [0.1, 0.15) is 15.0 Å². The summed E-state index contributed by atoms with van der Waals surface area (Å²) in [6.45, 7) is 14.2. The van der Waals surface area contributed by atoms with E-state index in [1.54, 1.807) is 74.5 Å². The van der Waals surface area contributed by atoms with E-state index in [1.165, 1.54) is 41.3 Å². The second-order valence-corrected chi connectivity index (χ2v) is 19.6. The Hall–Kier alpha value is -8.14. The number of hydrogen-bond acceptors (Lipinski definition) is 22. The molecule has 0 bridgehead atoms. The zero-order chi connectivity index (χ0) is 55.4. The number of esters is 2. The molecule has 2 heterocycles. The van der Waals surface area contributed by atoms with E-state index in [0.717, 1.165) is 25.9 Å². The molecule has 0 amide bonds. The molecule has 0 unspecified atom stereocenters. The highest BCUT2D eigenvalue weighted by atomic mass is 32.2. The molecule has 8 N–H and O–H groups in total. The van der Waals surface area contributed by atoms with E-state index in [9.17, 15) is 35.5 Å². The number of benzene rings is 4. The lowest BCUT2D eigenvalue weighted by molar-refractivity contribution is -0.858. The lowest BCUT2D eigenvalue weighted by Gasteiger charge is -2.14. The fraction of sp³-hybridized carbons (Fsp3) is 0.280. The van der Waals surface area contributed by atoms with Crippen molar-refractivity contribution in [3.05, 3.63) is 120 Å². The van der Waals surface area contributed by atoms with Crippen LogP contribution in [0.2, 0.25) is 0 Å². The Kier molecular flexibility index (Phi) is 21.6. The van der Waals surface area contributed by atoms with Crippen LogP contribution in [0.1, 0.15) is 58.5 Å². The maximum absolute atomic E-state index is 11.9. The molecule has 404 valence electrons. The Balaban J connectivity index is 0.000000281. The molecule has 4 aromatic carbocycles. The number of carbonyl (C=O) groups excluding carboxylic acids is 2. The summed E-state index contributed by atoms with van der Waals surface area (Å²) in [6.07, 6.45) is 4.36. The SMILES string of the molecule is C=Cc1ccc(Nc2nc(NCCCN(C)C)nc(Nc3ccc(C(=O)OCC)cc3)n2)cc1S(=O)(=O)O.C=Cc1ccc(Nc2nc(NCCC[NH+](C)C)nc(Nc3ccc(C(=O)OCC)cc3)n2)cc1S(=O)(=O)[O-]. The second-order valence-electron chi connectivity index (χ2n) is 16.9. The monoisotopic (exact) mass is 1080 g/mol. The number of hydrogen-bond donors (Lipinski definition) is 8. The normalized spacial score (nSPS) is 11.2. The van der Waals surface area contributed by atoms with Crippen molar-refractivity contribution >= 4 is 103 Å². The maximum atomic E-state index is 11.9. The van der Waals surface area contributed by atoms with Crippen LogP contribution in [0.25, 0.3) is 12.2 Å². The molecule has 24 nitrogen and oxygen atoms in total. The number of nitrogens with zero attached hydrogens (tertiary/aromatic N) is 7. The topological polar surface area (TPSA) is 321 Å². The molecule has 0 saturated carbocycles. The number of quaternary nitrogens is 1. The maximum Gasteiger partial charge on any atom is 0.338 e. The van der Waals surface area contributed by atoms with Crippen molar-refractivity contribution in [1.29, 1.82) is 0 Å². The summed E-state index contributed by atoms with van der Waals surface area (Å²) in [5.41, 5.74) is 3.14. The summed E-state index contributed by atoms with van der Waals surface area (Å²) in [7, 11) is -1.11. The quantitative estimate of drug-likeness (QED) is 0.0180. The van der Waals surface area contributed by atoms with Gasteiger partial charge < -0.3 is 55.7 Å². The van der Waals surface area contributed by atoms with Crippen LogP contribution in [-0.2, 0) is 29.7 Å². The van der Waals surface area contributed by atoms with Crippen LogP contribution in [0.5, 0.6) is 0 Å². The zero-order valence-corrected chi connectivity index (χ0v) is 44.5. The highest BCUT2D eigenvalue weighted by Gasteiger charge is 2.17. The van der Waals surface area contributed by atoms with Gasteiger partial charge >= 0.3 is 11.9 Å². The van der Waals surface area contributed by atoms with E-state index in [1.807, 2.05) is 14.1 Å². The van der Waals surface area contributed by atoms with Crippen molar-refractivity contribution in [2.75, 3.05) is 99.5 Å². The Labute approximate surface area is 442 Å². The van der Waals surface area contributed by atoms with E-state index in [4.69, 9.17) is 9.47 Å². The molecule has 0 spiro atoms. The van der Waals surface area contributed by atoms with Crippen molar-refractivity contribution in [3.8, 4) is 0 Å². The Morgan fingerprint density at radius 3 is 1.34 bits per heavy atom. The molecule has 0 aliphatic carbocycles. The molecule has 6 rings (SSSR count). The van der Waals surface area contributed by atoms with Gasteiger partial charge in [-0.2, -0.15) is 38.3 Å². The van der Waals surface area contributed by atoms with Crippen LogP contribution < -0.4 is 36.8 Å². The van der Waals surface area contributed by atoms with Crippen molar-refractivity contribution in [1.82, 2.24) is 34.8 Å². The van der Waals surface area contributed by atoms with E-state index < -0.39 is 37.1 Å². The van der Waals surface area contributed by atoms with E-state index in [2.05, 4.69) is 94.0 Å². The van der Waals surface area contributed by atoms with Crippen LogP contribution in [0.15, 0.2) is 108 Å². The Bertz CT molecular complexity index is 2970. The molecule has 0 aliphatic rings. The fourth-order valence-corrected chi connectivity index (χ4v) is 8.13. The Morgan fingerprint density at radius 1 is 0.605 bits per heavy atom. The third kappa shape index (κ3) is 18.7. The van der Waals surface area contributed by atoms with Gasteiger partial charge in [0, 0.05) is 42.3 Å². The fourth-order valence-electron chi connectivity index (χ4n) is 6.70. The van der Waals surface area contributed by atoms with Gasteiger partial charge in [0.15, 0.2) is 0 Å². The summed E-state index contributed by atoms with van der Waals surface area (Å²) in [5, 5.41) is 18.4. The summed E-state index contributed by atoms with van der Waals surface area (Å²) >= 11 is 0. The van der Waals surface area contributed by atoms with Gasteiger partial charge in [-0.25, -0.2) is 18.0 Å². The molecule has 0 saturated heterocycles. The van der Waals surface area contributed by atoms with Crippen molar-refractivity contribution < 1.29 is 49.9 Å². The molecule has 6 aromatic rings. The highest BCUT2D eigenvalue weighted by molar-refractivity contribution is 7.86. The number of anilines is 10. The molecule has 0 radical (unpaired) electrons. The molecule has 26 heteroatoms. The zero-order valence-electron chi connectivity index (χ0n) is 42.9. The lowest BCUT2D eigenvalue weighted by atomic mass is 10.2. The smallest absolute Gasteiger partial charge is 0.338 e. The van der Waals surface area contributed by atoms with Crippen molar-refractivity contribution in [3.63, 3.8) is 0 Å². The third-order valence-electron chi connectivity index (χ3n) is 10.3. The average Bonchev–Trinajstić information content (AvgIpc) is 3.37. The lowest BCUT2D eigenvalue weighted by Crippen LogP contribution is -3.05. The molecular formula is C50H62N14O10S2. The standard InChI is InChI=1S/2C25H31N7O5S/c2*1-5-17-8-13-20(16-21(17)38(34,35)36)28-25-30-23(26-14-7-15-32(3)4)29-24(31-25)27-19-11-9-18(10-12-19)22(33)37-6-2/h2*5,8-13,16H,1,6-7,14-15H2,2-4H3,(H,34,35,36)(H3,26,27,28,29,30,31). The summed E-state index contributed by atoms with van der Waals surface area (Å²) < 4.78 is 78.3. The second kappa shape index (κ2) is 28.0. The van der Waals surface area contributed by atoms with Crippen molar-refractivity contribution in [2.24, 2.45) is 0 Å². The first-order chi connectivity index (χ1) is 36.2. The molecule has 76 heavy (non-hydrogen) atoms. The number of rotatable bonds is 26. The van der Waals surface area contributed by atoms with Crippen molar-refractivity contribution in [2.45, 2.75) is 36.5 Å². The summed E-state index contributed by atoms with van der Waals surface area (Å²) in [4.78, 5) is 52.9. The average molecular weight is 1080 g/mol. The molecular weight excluding hydrogens is 1020 g/mol. The van der Waals surface area contributed by atoms with Gasteiger partial charge in [-0.15, -0.1) is 0 Å². The van der Waals surface area contributed by atoms with E-state index >= 15 is 0 Å². The van der Waals surface area contributed by atoms with Crippen LogP contribution in [0, 0.1) is 0 Å². The van der Waals surface area contributed by atoms with Gasteiger partial charge in [-0.3, -0.25) is 4.55 Å². The predicted octanol–water partition coefficient (Wildman–Crippen LogP) is 5.82. The molecule has 2 aromatic heterocycles. The summed E-state index contributed by atoms with van der Waals surface area (Å²) in [6, 6.07) is 21.9. The van der Waals surface area contributed by atoms with Gasteiger partial charge in [0.2, 0.25) is 35.7 Å². The first-order valence-electron chi connectivity index (χ1n) is 23.7. The number of aromatic nitrogens is 6. The van der Waals surface area contributed by atoms with Gasteiger partial charge in [-0.1, -0.05) is 37.4 Å². The number of ether oxygens (including phenoxy) is 2. The third-order valence-corrected chi connectivity index (χ3v) is 12.1. The van der Waals surface area contributed by atoms with Crippen LogP contribution in [-0.4, -0.2) is 140 Å². The minimum absolute atomic E-state index is 0.118. The molecule has 0 fully saturated rings. The van der Waals surface area contributed by atoms with Gasteiger partial charge in [0.25, 0.3) is 10.1 Å². The first kappa shape index (κ1) is 58.7. The van der Waals surface area contributed by atoms with Crippen LogP contribution >= 0.6 is 0 Å². The molecule has 0 aliphatic heterocycles. The van der Waals surface area contributed by atoms with E-state index in [0.29, 0.717) is 58.9 Å². The molecule has 0 atom stereocenters. The minimum atomic E-state index is -4.73. The van der Waals surface area contributed by atoms with Crippen LogP contribution in [0.3, 0.4) is 0 Å². The predicted molar refractivity (Wildman–Crippen MR) is 291 cm³/mol. The number of carbonyl (C=O) groups is 2. The summed E-state index contributed by atoms with van der Waals surface area (Å²) in [5.74, 6) is 0.414. The van der Waals surface area contributed by atoms with Crippen LogP contribution in [0.4, 0.5) is 58.4 Å². The van der Waals surface area contributed by atoms with E-state index in [-0.39, 0.29) is 53.0 Å². The first-order valence-corrected chi connectivity index (χ1v) is 26.5. The van der Waals surface area contributed by atoms with Gasteiger partial charge in [0.05, 0.1) is 49.9 Å².